The van der Waals surface area contributed by atoms with Crippen molar-refractivity contribution < 1.29 is 9.53 Å². The monoisotopic (exact) mass is 378 g/mol. The number of hydrogen-bond acceptors (Lipinski definition) is 4. The first kappa shape index (κ1) is 23.0. The van der Waals surface area contributed by atoms with E-state index in [2.05, 4.69) is 18.8 Å². The number of carbonyl (C=O) groups is 1. The summed E-state index contributed by atoms with van der Waals surface area (Å²) in [5.41, 5.74) is 2.11. The molecular formula is C24H30N2O2. The first-order chi connectivity index (χ1) is 13.7. The molecule has 1 N–H and O–H groups in total. The van der Waals surface area contributed by atoms with Crippen LogP contribution in [0.5, 0.6) is 0 Å². The van der Waals surface area contributed by atoms with Crippen LogP contribution in [-0.2, 0) is 9.53 Å². The standard InChI is InChI=1S/C12H19NO2.C12H11N/c1-3-4-5-6-7-8-9-15-12(14)11(2)10-13;1-3-7-11(8-4-1)13-12-9-5-2-6-10-12/h2-9H2,1H3;1-10,13H. The van der Waals surface area contributed by atoms with Gasteiger partial charge in [-0.05, 0) is 30.7 Å². The molecule has 0 radical (unpaired) electrons. The minimum absolute atomic E-state index is 0.124. The Hall–Kier alpha value is -3.06. The number of esters is 1. The molecule has 0 atom stereocenters. The lowest BCUT2D eigenvalue weighted by molar-refractivity contribution is -0.138. The third kappa shape index (κ3) is 10.8. The molecule has 0 spiro atoms. The van der Waals surface area contributed by atoms with E-state index in [1.54, 1.807) is 6.07 Å². The summed E-state index contributed by atoms with van der Waals surface area (Å²) in [7, 11) is 0. The van der Waals surface area contributed by atoms with Crippen LogP contribution in [0.15, 0.2) is 72.8 Å². The van der Waals surface area contributed by atoms with Gasteiger partial charge in [-0.2, -0.15) is 5.26 Å². The van der Waals surface area contributed by atoms with E-state index in [9.17, 15) is 4.79 Å². The van der Waals surface area contributed by atoms with Gasteiger partial charge in [0.1, 0.15) is 11.6 Å². The topological polar surface area (TPSA) is 62.1 Å². The summed E-state index contributed by atoms with van der Waals surface area (Å²) in [6, 6.07) is 22.0. The van der Waals surface area contributed by atoms with Gasteiger partial charge in [-0.25, -0.2) is 4.79 Å². The second kappa shape index (κ2) is 15.0. The molecule has 0 aromatic heterocycles. The van der Waals surface area contributed by atoms with Gasteiger partial charge in [-0.3, -0.25) is 0 Å². The Labute approximate surface area is 168 Å². The fourth-order valence-electron chi connectivity index (χ4n) is 2.39. The number of rotatable bonds is 10. The normalized spacial score (nSPS) is 9.43. The molecule has 0 aliphatic heterocycles. The average Bonchev–Trinajstić information content (AvgIpc) is 2.74. The van der Waals surface area contributed by atoms with Crippen LogP contribution in [0.3, 0.4) is 0 Å². The molecule has 0 saturated carbocycles. The third-order valence-electron chi connectivity index (χ3n) is 3.95. The third-order valence-corrected chi connectivity index (χ3v) is 3.95. The van der Waals surface area contributed by atoms with Gasteiger partial charge in [0.25, 0.3) is 0 Å². The van der Waals surface area contributed by atoms with Crippen molar-refractivity contribution in [2.24, 2.45) is 0 Å². The van der Waals surface area contributed by atoms with Gasteiger partial charge >= 0.3 is 5.97 Å². The summed E-state index contributed by atoms with van der Waals surface area (Å²) in [4.78, 5) is 11.0. The van der Waals surface area contributed by atoms with Crippen LogP contribution in [0.1, 0.15) is 45.4 Å². The van der Waals surface area contributed by atoms with Gasteiger partial charge < -0.3 is 10.1 Å². The van der Waals surface area contributed by atoms with Crippen molar-refractivity contribution in [3.63, 3.8) is 0 Å². The molecule has 0 aliphatic rings. The van der Waals surface area contributed by atoms with Gasteiger partial charge in [0.05, 0.1) is 6.61 Å². The molecule has 0 aliphatic carbocycles. The predicted molar refractivity (Wildman–Crippen MR) is 115 cm³/mol. The summed E-state index contributed by atoms with van der Waals surface area (Å²) in [5, 5.41) is 11.7. The van der Waals surface area contributed by atoms with E-state index in [1.807, 2.05) is 60.7 Å². The van der Waals surface area contributed by atoms with Crippen molar-refractivity contribution in [1.82, 2.24) is 0 Å². The molecule has 28 heavy (non-hydrogen) atoms. The Bertz CT molecular complexity index is 684. The number of nitriles is 1. The van der Waals surface area contributed by atoms with Crippen molar-refractivity contribution in [1.29, 1.82) is 5.26 Å². The van der Waals surface area contributed by atoms with Crippen LogP contribution in [0.25, 0.3) is 0 Å². The molecule has 0 amide bonds. The molecule has 0 bridgehead atoms. The zero-order valence-electron chi connectivity index (χ0n) is 16.7. The quantitative estimate of drug-likeness (QED) is 0.225. The maximum atomic E-state index is 11.0. The molecule has 2 aromatic rings. The molecule has 4 heteroatoms. The smallest absolute Gasteiger partial charge is 0.348 e. The maximum absolute atomic E-state index is 11.0. The van der Waals surface area contributed by atoms with Crippen LogP contribution < -0.4 is 5.32 Å². The SMILES string of the molecule is C=C(C#N)C(=O)OCCCCCCCC.c1ccc(Nc2ccccc2)cc1. The summed E-state index contributed by atoms with van der Waals surface area (Å²) in [6.07, 6.45) is 6.88. The molecule has 0 saturated heterocycles. The first-order valence-corrected chi connectivity index (χ1v) is 9.80. The summed E-state index contributed by atoms with van der Waals surface area (Å²) in [6.45, 7) is 5.85. The van der Waals surface area contributed by atoms with E-state index in [0.29, 0.717) is 6.61 Å². The molecular weight excluding hydrogens is 348 g/mol. The molecule has 2 rings (SSSR count). The number of benzene rings is 2. The molecule has 0 fully saturated rings. The van der Waals surface area contributed by atoms with Crippen LogP contribution in [0.4, 0.5) is 11.4 Å². The number of para-hydroxylation sites is 2. The van der Waals surface area contributed by atoms with E-state index in [1.165, 1.54) is 25.7 Å². The molecule has 2 aromatic carbocycles. The van der Waals surface area contributed by atoms with E-state index in [4.69, 9.17) is 10.00 Å². The van der Waals surface area contributed by atoms with E-state index >= 15 is 0 Å². The Morgan fingerprint density at radius 1 is 0.929 bits per heavy atom. The largest absolute Gasteiger partial charge is 0.462 e. The Kier molecular flexibility index (Phi) is 12.3. The number of unbranched alkanes of at least 4 members (excludes halogenated alkanes) is 5. The second-order valence-electron chi connectivity index (χ2n) is 6.35. The van der Waals surface area contributed by atoms with Crippen LogP contribution in [0, 0.1) is 11.3 Å². The molecule has 0 unspecified atom stereocenters. The molecule has 0 heterocycles. The molecule has 148 valence electrons. The van der Waals surface area contributed by atoms with Crippen molar-refractivity contribution in [2.45, 2.75) is 45.4 Å². The second-order valence-corrected chi connectivity index (χ2v) is 6.35. The van der Waals surface area contributed by atoms with Crippen molar-refractivity contribution >= 4 is 17.3 Å². The van der Waals surface area contributed by atoms with Crippen LogP contribution in [-0.4, -0.2) is 12.6 Å². The summed E-state index contributed by atoms with van der Waals surface area (Å²) < 4.78 is 4.84. The zero-order valence-corrected chi connectivity index (χ0v) is 16.7. The van der Waals surface area contributed by atoms with Gasteiger partial charge in [0.15, 0.2) is 0 Å². The lowest BCUT2D eigenvalue weighted by Gasteiger charge is -2.04. The number of nitrogens with one attached hydrogen (secondary N) is 1. The summed E-state index contributed by atoms with van der Waals surface area (Å²) >= 11 is 0. The Morgan fingerprint density at radius 2 is 1.43 bits per heavy atom. The fourth-order valence-corrected chi connectivity index (χ4v) is 2.39. The minimum Gasteiger partial charge on any atom is -0.462 e. The fraction of sp³-hybridized carbons (Fsp3) is 0.333. The number of hydrogen-bond donors (Lipinski definition) is 1. The highest BCUT2D eigenvalue weighted by atomic mass is 16.5. The van der Waals surface area contributed by atoms with Gasteiger partial charge in [0.2, 0.25) is 0 Å². The number of carbonyl (C=O) groups excluding carboxylic acids is 1. The first-order valence-electron chi connectivity index (χ1n) is 9.80. The van der Waals surface area contributed by atoms with E-state index in [0.717, 1.165) is 24.2 Å². The van der Waals surface area contributed by atoms with Gasteiger partial charge in [-0.15, -0.1) is 0 Å². The molecule has 4 nitrogen and oxygen atoms in total. The summed E-state index contributed by atoms with van der Waals surface area (Å²) in [5.74, 6) is -0.592. The van der Waals surface area contributed by atoms with Crippen LogP contribution >= 0.6 is 0 Å². The van der Waals surface area contributed by atoms with E-state index in [-0.39, 0.29) is 5.57 Å². The lowest BCUT2D eigenvalue weighted by Crippen LogP contribution is -2.06. The Morgan fingerprint density at radius 3 is 1.93 bits per heavy atom. The highest BCUT2D eigenvalue weighted by Gasteiger charge is 2.05. The van der Waals surface area contributed by atoms with Gasteiger partial charge in [0, 0.05) is 11.4 Å². The Balaban J connectivity index is 0.000000281. The van der Waals surface area contributed by atoms with Crippen molar-refractivity contribution in [2.75, 3.05) is 11.9 Å². The highest BCUT2D eigenvalue weighted by Crippen LogP contribution is 2.14. The minimum atomic E-state index is -0.592. The van der Waals surface area contributed by atoms with Gasteiger partial charge in [-0.1, -0.05) is 82.0 Å². The maximum Gasteiger partial charge on any atom is 0.348 e. The number of ether oxygens (including phenoxy) is 1. The predicted octanol–water partition coefficient (Wildman–Crippen LogP) is 6.40. The number of nitrogens with zero attached hydrogens (tertiary/aromatic N) is 1. The number of anilines is 2. The van der Waals surface area contributed by atoms with Crippen LogP contribution in [0.2, 0.25) is 0 Å². The van der Waals surface area contributed by atoms with Crippen molar-refractivity contribution in [3.8, 4) is 6.07 Å². The zero-order chi connectivity index (χ0) is 20.5. The highest BCUT2D eigenvalue weighted by molar-refractivity contribution is 5.91. The van der Waals surface area contributed by atoms with E-state index < -0.39 is 5.97 Å². The average molecular weight is 379 g/mol. The lowest BCUT2D eigenvalue weighted by atomic mass is 10.1. The van der Waals surface area contributed by atoms with Crippen molar-refractivity contribution in [3.05, 3.63) is 72.8 Å².